The molecule has 19 heavy (non-hydrogen) atoms. The average molecular weight is 411 g/mol. The van der Waals surface area contributed by atoms with E-state index in [0.29, 0.717) is 14.7 Å². The summed E-state index contributed by atoms with van der Waals surface area (Å²) >= 11 is 8.07. The summed E-state index contributed by atoms with van der Waals surface area (Å²) in [5.74, 6) is -0.788. The number of carbonyl (C=O) groups is 2. The lowest BCUT2D eigenvalue weighted by atomic mass is 10.1. The summed E-state index contributed by atoms with van der Waals surface area (Å²) < 4.78 is 1.16. The number of rotatable bonds is 5. The molecule has 1 rings (SSSR count). The van der Waals surface area contributed by atoms with E-state index in [1.807, 2.05) is 6.26 Å². The van der Waals surface area contributed by atoms with E-state index < -0.39 is 5.97 Å². The molecule has 1 amide bonds. The smallest absolute Gasteiger partial charge is 0.337 e. The molecule has 4 nitrogen and oxygen atoms in total. The maximum Gasteiger partial charge on any atom is 0.337 e. The first kappa shape index (κ1) is 16.5. The first-order valence-electron chi connectivity index (χ1n) is 5.39. The van der Waals surface area contributed by atoms with Gasteiger partial charge in [-0.3, -0.25) is 4.79 Å². The summed E-state index contributed by atoms with van der Waals surface area (Å²) in [4.78, 5) is 23.2. The lowest BCUT2D eigenvalue weighted by Gasteiger charge is -2.14. The van der Waals surface area contributed by atoms with Gasteiger partial charge >= 0.3 is 5.97 Å². The molecule has 0 heterocycles. The molecule has 7 heteroatoms. The van der Waals surface area contributed by atoms with Crippen LogP contribution in [0.2, 0.25) is 0 Å². The van der Waals surface area contributed by atoms with Gasteiger partial charge < -0.3 is 10.4 Å². The number of nitrogens with one attached hydrogen (secondary N) is 1. The van der Waals surface area contributed by atoms with Gasteiger partial charge in [0.2, 0.25) is 5.91 Å². The number of halogens is 2. The number of carboxylic acid groups (broad SMARTS) is 1. The van der Waals surface area contributed by atoms with E-state index in [1.54, 1.807) is 24.8 Å². The number of carboxylic acids is 1. The van der Waals surface area contributed by atoms with Crippen LogP contribution in [-0.4, -0.2) is 29.0 Å². The molecular formula is C12H13Br2NO3S. The van der Waals surface area contributed by atoms with Gasteiger partial charge in [-0.05, 0) is 34.3 Å². The largest absolute Gasteiger partial charge is 0.478 e. The summed E-state index contributed by atoms with van der Waals surface area (Å²) in [6.07, 6.45) is 1.92. The van der Waals surface area contributed by atoms with Crippen molar-refractivity contribution in [3.63, 3.8) is 0 Å². The standard InChI is InChI=1S/C12H13Br2NO3S/c1-6(5-19-2)11(16)15-10-8(12(17)18)3-7(13)4-9(10)14/h3-4,6H,5H2,1-2H3,(H,15,16)(H,17,18). The molecule has 0 aromatic heterocycles. The number of amides is 1. The van der Waals surface area contributed by atoms with Crippen molar-refractivity contribution in [2.24, 2.45) is 5.92 Å². The van der Waals surface area contributed by atoms with E-state index in [2.05, 4.69) is 37.2 Å². The highest BCUT2D eigenvalue weighted by Gasteiger charge is 2.19. The van der Waals surface area contributed by atoms with Gasteiger partial charge in [-0.2, -0.15) is 11.8 Å². The minimum Gasteiger partial charge on any atom is -0.478 e. The fourth-order valence-electron chi connectivity index (χ4n) is 1.44. The van der Waals surface area contributed by atoms with Gasteiger partial charge in [0.1, 0.15) is 0 Å². The molecule has 104 valence electrons. The predicted octanol–water partition coefficient (Wildman–Crippen LogP) is 3.85. The highest BCUT2D eigenvalue weighted by Crippen LogP contribution is 2.31. The highest BCUT2D eigenvalue weighted by atomic mass is 79.9. The minimum atomic E-state index is -1.09. The Morgan fingerprint density at radius 1 is 1.42 bits per heavy atom. The third-order valence-electron chi connectivity index (χ3n) is 2.40. The van der Waals surface area contributed by atoms with Gasteiger partial charge in [0.05, 0.1) is 11.3 Å². The van der Waals surface area contributed by atoms with E-state index in [-0.39, 0.29) is 23.1 Å². The van der Waals surface area contributed by atoms with E-state index in [1.165, 1.54) is 6.07 Å². The van der Waals surface area contributed by atoms with Crippen molar-refractivity contribution in [1.29, 1.82) is 0 Å². The number of aromatic carboxylic acids is 1. The number of hydrogen-bond acceptors (Lipinski definition) is 3. The van der Waals surface area contributed by atoms with Crippen molar-refractivity contribution in [3.8, 4) is 0 Å². The Bertz CT molecular complexity index is 508. The van der Waals surface area contributed by atoms with Gasteiger partial charge in [0.25, 0.3) is 0 Å². The Labute approximate surface area is 132 Å². The van der Waals surface area contributed by atoms with E-state index in [0.717, 1.165) is 0 Å². The van der Waals surface area contributed by atoms with Gasteiger partial charge in [-0.1, -0.05) is 22.9 Å². The van der Waals surface area contributed by atoms with Crippen LogP contribution < -0.4 is 5.32 Å². The summed E-state index contributed by atoms with van der Waals surface area (Å²) in [6, 6.07) is 3.16. The lowest BCUT2D eigenvalue weighted by molar-refractivity contribution is -0.118. The second-order valence-corrected chi connectivity index (χ2v) is 6.64. The normalized spacial score (nSPS) is 12.0. The van der Waals surface area contributed by atoms with Gasteiger partial charge in [0, 0.05) is 20.6 Å². The second-order valence-electron chi connectivity index (χ2n) is 3.96. The molecule has 0 aliphatic carbocycles. The summed E-state index contributed by atoms with van der Waals surface area (Å²) in [5.41, 5.74) is 0.333. The van der Waals surface area contributed by atoms with Gasteiger partial charge in [0.15, 0.2) is 0 Å². The van der Waals surface area contributed by atoms with Crippen LogP contribution in [-0.2, 0) is 4.79 Å². The molecule has 1 atom stereocenters. The van der Waals surface area contributed by atoms with Gasteiger partial charge in [-0.15, -0.1) is 0 Å². The topological polar surface area (TPSA) is 66.4 Å². The van der Waals surface area contributed by atoms with Crippen molar-refractivity contribution in [1.82, 2.24) is 0 Å². The molecular weight excluding hydrogens is 398 g/mol. The van der Waals surface area contributed by atoms with Crippen LogP contribution in [0.1, 0.15) is 17.3 Å². The molecule has 0 spiro atoms. The number of thioether (sulfide) groups is 1. The zero-order valence-electron chi connectivity index (χ0n) is 10.4. The highest BCUT2D eigenvalue weighted by molar-refractivity contribution is 9.11. The second kappa shape index (κ2) is 7.31. The van der Waals surface area contributed by atoms with E-state index >= 15 is 0 Å². The number of anilines is 1. The zero-order chi connectivity index (χ0) is 14.6. The molecule has 0 aliphatic rings. The Balaban J connectivity index is 3.06. The zero-order valence-corrected chi connectivity index (χ0v) is 14.4. The molecule has 0 radical (unpaired) electrons. The lowest BCUT2D eigenvalue weighted by Crippen LogP contribution is -2.23. The van der Waals surface area contributed by atoms with Crippen molar-refractivity contribution >= 4 is 61.2 Å². The molecule has 0 saturated heterocycles. The Hall–Kier alpha value is -0.530. The molecule has 0 fully saturated rings. The van der Waals surface area contributed by atoms with Crippen LogP contribution in [0.5, 0.6) is 0 Å². The fraction of sp³-hybridized carbons (Fsp3) is 0.333. The number of hydrogen-bond donors (Lipinski definition) is 2. The number of benzene rings is 1. The quantitative estimate of drug-likeness (QED) is 0.773. The number of carbonyl (C=O) groups excluding carboxylic acids is 1. The van der Waals surface area contributed by atoms with Crippen molar-refractivity contribution in [2.45, 2.75) is 6.92 Å². The monoisotopic (exact) mass is 409 g/mol. The predicted molar refractivity (Wildman–Crippen MR) is 85.0 cm³/mol. The molecule has 1 aromatic carbocycles. The molecule has 0 aliphatic heterocycles. The Morgan fingerprint density at radius 3 is 2.58 bits per heavy atom. The van der Waals surface area contributed by atoms with Crippen molar-refractivity contribution < 1.29 is 14.7 Å². The maximum atomic E-state index is 12.0. The molecule has 0 saturated carbocycles. The molecule has 2 N–H and O–H groups in total. The van der Waals surface area contributed by atoms with E-state index in [9.17, 15) is 14.7 Å². The molecule has 1 aromatic rings. The minimum absolute atomic E-state index is 0.0472. The van der Waals surface area contributed by atoms with Crippen LogP contribution in [0.15, 0.2) is 21.1 Å². The van der Waals surface area contributed by atoms with Crippen LogP contribution in [0, 0.1) is 5.92 Å². The van der Waals surface area contributed by atoms with Crippen LogP contribution in [0.3, 0.4) is 0 Å². The third kappa shape index (κ3) is 4.50. The summed E-state index contributed by atoms with van der Waals surface area (Å²) in [7, 11) is 0. The van der Waals surface area contributed by atoms with E-state index in [4.69, 9.17) is 0 Å². The van der Waals surface area contributed by atoms with Gasteiger partial charge in [-0.25, -0.2) is 4.79 Å². The summed E-state index contributed by atoms with van der Waals surface area (Å²) in [6.45, 7) is 1.80. The summed E-state index contributed by atoms with van der Waals surface area (Å²) in [5, 5.41) is 11.8. The fourth-order valence-corrected chi connectivity index (χ4v) is 3.42. The average Bonchev–Trinajstić information content (AvgIpc) is 2.32. The first-order chi connectivity index (χ1) is 8.86. The molecule has 0 bridgehead atoms. The van der Waals surface area contributed by atoms with Crippen LogP contribution in [0.25, 0.3) is 0 Å². The SMILES string of the molecule is CSCC(C)C(=O)Nc1c(Br)cc(Br)cc1C(=O)O. The first-order valence-corrected chi connectivity index (χ1v) is 8.37. The third-order valence-corrected chi connectivity index (χ3v) is 4.31. The maximum absolute atomic E-state index is 12.0. The van der Waals surface area contributed by atoms with Crippen LogP contribution >= 0.6 is 43.6 Å². The Morgan fingerprint density at radius 2 is 2.05 bits per heavy atom. The van der Waals surface area contributed by atoms with Crippen LogP contribution in [0.4, 0.5) is 5.69 Å². The van der Waals surface area contributed by atoms with Crippen molar-refractivity contribution in [2.75, 3.05) is 17.3 Å². The van der Waals surface area contributed by atoms with Crippen molar-refractivity contribution in [3.05, 3.63) is 26.6 Å². The molecule has 1 unspecified atom stereocenters. The Kier molecular flexibility index (Phi) is 6.35.